The molecule has 2 aliphatic heterocycles. The third kappa shape index (κ3) is 2.29. The molecule has 1 saturated heterocycles. The zero-order valence-electron chi connectivity index (χ0n) is 13.9. The van der Waals surface area contributed by atoms with Gasteiger partial charge in [0.15, 0.2) is 0 Å². The van der Waals surface area contributed by atoms with E-state index < -0.39 is 0 Å². The highest BCUT2D eigenvalue weighted by molar-refractivity contribution is 9.10. The van der Waals surface area contributed by atoms with Gasteiger partial charge in [-0.2, -0.15) is 0 Å². The van der Waals surface area contributed by atoms with Gasteiger partial charge in [0.05, 0.1) is 24.9 Å². The maximum atomic E-state index is 6.13. The average Bonchev–Trinajstić information content (AvgIpc) is 3.27. The fourth-order valence-corrected chi connectivity index (χ4v) is 4.68. The lowest BCUT2D eigenvalue weighted by molar-refractivity contribution is 0.0827. The molecule has 0 bridgehead atoms. The van der Waals surface area contributed by atoms with E-state index in [4.69, 9.17) is 9.47 Å². The summed E-state index contributed by atoms with van der Waals surface area (Å²) in [5, 5.41) is 5.01. The van der Waals surface area contributed by atoms with E-state index in [1.807, 2.05) is 12.1 Å². The minimum Gasteiger partial charge on any atom is -0.495 e. The van der Waals surface area contributed by atoms with Gasteiger partial charge in [-0.1, -0.05) is 28.1 Å². The molecule has 2 N–H and O–H groups in total. The van der Waals surface area contributed by atoms with Crippen molar-refractivity contribution in [3.63, 3.8) is 0 Å². The average molecular weight is 399 g/mol. The number of H-pyrrole nitrogens is 1. The largest absolute Gasteiger partial charge is 0.495 e. The number of aromatic nitrogens is 1. The molecule has 1 aromatic heterocycles. The molecule has 3 atom stereocenters. The van der Waals surface area contributed by atoms with Gasteiger partial charge in [-0.25, -0.2) is 0 Å². The van der Waals surface area contributed by atoms with Gasteiger partial charge < -0.3 is 19.8 Å². The van der Waals surface area contributed by atoms with Crippen LogP contribution in [0.1, 0.15) is 29.7 Å². The number of fused-ring (bicyclic) bond motifs is 4. The third-order valence-electron chi connectivity index (χ3n) is 5.46. The molecular weight excluding hydrogens is 380 g/mol. The maximum Gasteiger partial charge on any atom is 0.142 e. The molecule has 128 valence electrons. The molecule has 5 heteroatoms. The quantitative estimate of drug-likeness (QED) is 0.624. The van der Waals surface area contributed by atoms with Crippen LogP contribution in [0, 0.1) is 5.92 Å². The van der Waals surface area contributed by atoms with Gasteiger partial charge >= 0.3 is 0 Å². The molecule has 3 aromatic rings. The van der Waals surface area contributed by atoms with Gasteiger partial charge in [0.2, 0.25) is 0 Å². The fraction of sp³-hybridized carbons (Fsp3) is 0.300. The monoisotopic (exact) mass is 398 g/mol. The van der Waals surface area contributed by atoms with Gasteiger partial charge in [-0.15, -0.1) is 0 Å². The van der Waals surface area contributed by atoms with Gasteiger partial charge in [-0.05, 0) is 30.7 Å². The highest BCUT2D eigenvalue weighted by Crippen LogP contribution is 2.53. The summed E-state index contributed by atoms with van der Waals surface area (Å²) in [6, 6.07) is 12.8. The first-order chi connectivity index (χ1) is 12.3. The lowest BCUT2D eigenvalue weighted by Crippen LogP contribution is -2.29. The van der Waals surface area contributed by atoms with E-state index in [1.165, 1.54) is 16.5 Å². The van der Waals surface area contributed by atoms with Crippen LogP contribution in [0.4, 0.5) is 5.69 Å². The van der Waals surface area contributed by atoms with E-state index in [1.54, 1.807) is 7.11 Å². The van der Waals surface area contributed by atoms with E-state index in [0.717, 1.165) is 34.5 Å². The van der Waals surface area contributed by atoms with Crippen molar-refractivity contribution < 1.29 is 9.47 Å². The SMILES string of the molecule is COc1cccc2c1N[C@H](c1c[nH]c3ccc(Br)cc13)[C@@H]1CCO[C@H]21. The van der Waals surface area contributed by atoms with Crippen LogP contribution in [0.15, 0.2) is 47.1 Å². The first-order valence-corrected chi connectivity index (χ1v) is 9.37. The summed E-state index contributed by atoms with van der Waals surface area (Å²) in [6.45, 7) is 0.802. The maximum absolute atomic E-state index is 6.13. The van der Waals surface area contributed by atoms with Crippen LogP contribution in [0.25, 0.3) is 10.9 Å². The van der Waals surface area contributed by atoms with Gasteiger partial charge in [0.1, 0.15) is 5.75 Å². The Hall–Kier alpha value is -1.98. The standard InChI is InChI=1S/C20H19BrN2O2/c1-24-17-4-2-3-12-19(17)23-18(13-7-8-25-20(12)13)15-10-22-16-6-5-11(21)9-14(15)16/h2-6,9-10,13,18,20,22-23H,7-8H2,1H3/t13-,18-,20+/m0/s1. The number of aromatic amines is 1. The number of halogens is 1. The van der Waals surface area contributed by atoms with Crippen molar-refractivity contribution in [3.05, 3.63) is 58.2 Å². The summed E-state index contributed by atoms with van der Waals surface area (Å²) in [5.41, 5.74) is 4.70. The second kappa shape index (κ2) is 5.78. The zero-order valence-corrected chi connectivity index (χ0v) is 15.5. The highest BCUT2D eigenvalue weighted by atomic mass is 79.9. The van der Waals surface area contributed by atoms with E-state index in [9.17, 15) is 0 Å². The van der Waals surface area contributed by atoms with Gasteiger partial charge in [-0.3, -0.25) is 0 Å². The summed E-state index contributed by atoms with van der Waals surface area (Å²) in [6.07, 6.45) is 3.30. The summed E-state index contributed by atoms with van der Waals surface area (Å²) >= 11 is 3.60. The smallest absolute Gasteiger partial charge is 0.142 e. The minimum atomic E-state index is 0.119. The van der Waals surface area contributed by atoms with E-state index in [-0.39, 0.29) is 12.1 Å². The number of methoxy groups -OCH3 is 1. The Labute approximate surface area is 154 Å². The zero-order chi connectivity index (χ0) is 17.0. The van der Waals surface area contributed by atoms with Crippen LogP contribution in [-0.2, 0) is 4.74 Å². The number of ether oxygens (including phenoxy) is 2. The highest BCUT2D eigenvalue weighted by Gasteiger charge is 2.43. The second-order valence-corrected chi connectivity index (χ2v) is 7.64. The van der Waals surface area contributed by atoms with Crippen molar-refractivity contribution in [2.24, 2.45) is 5.92 Å². The number of hydrogen-bond donors (Lipinski definition) is 2. The Morgan fingerprint density at radius 3 is 3.00 bits per heavy atom. The van der Waals surface area contributed by atoms with E-state index in [2.05, 4.69) is 56.7 Å². The van der Waals surface area contributed by atoms with Crippen LogP contribution >= 0.6 is 15.9 Å². The van der Waals surface area contributed by atoms with Crippen LogP contribution in [0.3, 0.4) is 0 Å². The number of benzene rings is 2. The summed E-state index contributed by atoms with van der Waals surface area (Å²) in [7, 11) is 1.72. The topological polar surface area (TPSA) is 46.3 Å². The molecular formula is C20H19BrN2O2. The van der Waals surface area contributed by atoms with Crippen molar-refractivity contribution in [1.82, 2.24) is 4.98 Å². The summed E-state index contributed by atoms with van der Waals surface area (Å²) in [5.74, 6) is 1.29. The van der Waals surface area contributed by atoms with Crippen LogP contribution in [0.2, 0.25) is 0 Å². The fourth-order valence-electron chi connectivity index (χ4n) is 4.32. The second-order valence-electron chi connectivity index (χ2n) is 6.72. The van der Waals surface area contributed by atoms with Crippen molar-refractivity contribution in [3.8, 4) is 5.75 Å². The molecule has 1 fully saturated rings. The molecule has 2 aromatic carbocycles. The molecule has 0 radical (unpaired) electrons. The normalized spacial score (nSPS) is 24.6. The predicted molar refractivity (Wildman–Crippen MR) is 102 cm³/mol. The van der Waals surface area contributed by atoms with Crippen LogP contribution < -0.4 is 10.1 Å². The van der Waals surface area contributed by atoms with Crippen molar-refractivity contribution in [2.45, 2.75) is 18.6 Å². The molecule has 0 saturated carbocycles. The Morgan fingerprint density at radius 2 is 2.12 bits per heavy atom. The Bertz CT molecular complexity index is 952. The number of anilines is 1. The molecule has 3 heterocycles. The lowest BCUT2D eigenvalue weighted by atomic mass is 9.81. The number of para-hydroxylation sites is 1. The van der Waals surface area contributed by atoms with Crippen LogP contribution in [0.5, 0.6) is 5.75 Å². The molecule has 25 heavy (non-hydrogen) atoms. The number of rotatable bonds is 2. The van der Waals surface area contributed by atoms with Crippen molar-refractivity contribution in [2.75, 3.05) is 19.0 Å². The van der Waals surface area contributed by atoms with E-state index in [0.29, 0.717) is 5.92 Å². The van der Waals surface area contributed by atoms with E-state index >= 15 is 0 Å². The molecule has 0 amide bonds. The lowest BCUT2D eigenvalue weighted by Gasteiger charge is -2.36. The minimum absolute atomic E-state index is 0.119. The Balaban J connectivity index is 1.67. The molecule has 0 aliphatic carbocycles. The Morgan fingerprint density at radius 1 is 1.20 bits per heavy atom. The molecule has 4 nitrogen and oxygen atoms in total. The first-order valence-electron chi connectivity index (χ1n) is 8.58. The van der Waals surface area contributed by atoms with Gasteiger partial charge in [0, 0.05) is 45.2 Å². The van der Waals surface area contributed by atoms with Crippen molar-refractivity contribution >= 4 is 32.5 Å². The van der Waals surface area contributed by atoms with Crippen molar-refractivity contribution in [1.29, 1.82) is 0 Å². The third-order valence-corrected chi connectivity index (χ3v) is 5.95. The number of hydrogen-bond acceptors (Lipinski definition) is 3. The number of nitrogens with one attached hydrogen (secondary N) is 2. The molecule has 0 spiro atoms. The summed E-state index contributed by atoms with van der Waals surface area (Å²) in [4.78, 5) is 3.41. The first kappa shape index (κ1) is 15.3. The predicted octanol–water partition coefficient (Wildman–Crippen LogP) is 5.18. The Kier molecular flexibility index (Phi) is 3.54. The molecule has 0 unspecified atom stereocenters. The van der Waals surface area contributed by atoms with Crippen LogP contribution in [-0.4, -0.2) is 18.7 Å². The molecule has 2 aliphatic rings. The van der Waals surface area contributed by atoms with Gasteiger partial charge in [0.25, 0.3) is 0 Å². The molecule has 5 rings (SSSR count). The summed E-state index contributed by atoms with van der Waals surface area (Å²) < 4.78 is 12.8.